The van der Waals surface area contributed by atoms with E-state index in [1.165, 1.54) is 43.0 Å². The van der Waals surface area contributed by atoms with Crippen molar-refractivity contribution in [1.82, 2.24) is 4.90 Å². The van der Waals surface area contributed by atoms with Crippen LogP contribution in [0.1, 0.15) is 57.9 Å². The van der Waals surface area contributed by atoms with Crippen LogP contribution in [0.4, 0.5) is 0 Å². The van der Waals surface area contributed by atoms with Crippen molar-refractivity contribution in [2.45, 2.75) is 64.8 Å². The number of rotatable bonds is 14. The van der Waals surface area contributed by atoms with E-state index >= 15 is 0 Å². The summed E-state index contributed by atoms with van der Waals surface area (Å²) in [5, 5.41) is 0.210. The first-order valence-electron chi connectivity index (χ1n) is 10.5. The lowest BCUT2D eigenvalue weighted by molar-refractivity contribution is -0.109. The second-order valence-electron chi connectivity index (χ2n) is 7.46. The highest BCUT2D eigenvalue weighted by Gasteiger charge is 2.17. The maximum Gasteiger partial charge on any atom is 0.231 e. The first-order valence-corrected chi connectivity index (χ1v) is 11.5. The maximum absolute atomic E-state index is 11.2. The lowest BCUT2D eigenvalue weighted by Crippen LogP contribution is -2.36. The minimum Gasteiger partial charge on any atom is -0.454 e. The Balaban J connectivity index is 1.84. The van der Waals surface area contributed by atoms with Crippen LogP contribution in [0.25, 0.3) is 0 Å². The zero-order valence-electron chi connectivity index (χ0n) is 17.5. The van der Waals surface area contributed by atoms with Crippen LogP contribution in [0.5, 0.6) is 11.5 Å². The smallest absolute Gasteiger partial charge is 0.231 e. The van der Waals surface area contributed by atoms with Crippen LogP contribution >= 0.6 is 11.8 Å². The second kappa shape index (κ2) is 12.9. The van der Waals surface area contributed by atoms with E-state index in [-0.39, 0.29) is 5.12 Å². The van der Waals surface area contributed by atoms with Crippen LogP contribution in [-0.4, -0.2) is 41.7 Å². The molecule has 1 unspecified atom stereocenters. The zero-order valence-corrected chi connectivity index (χ0v) is 18.3. The number of carbonyl (C=O) groups is 1. The Morgan fingerprint density at radius 3 is 2.71 bits per heavy atom. The van der Waals surface area contributed by atoms with Crippen LogP contribution in [0.3, 0.4) is 0 Å². The molecule has 0 saturated heterocycles. The molecule has 0 radical (unpaired) electrons. The van der Waals surface area contributed by atoms with Gasteiger partial charge in [-0.1, -0.05) is 36.7 Å². The van der Waals surface area contributed by atoms with Gasteiger partial charge in [-0.15, -0.1) is 6.58 Å². The Morgan fingerprint density at radius 2 is 1.93 bits per heavy atom. The average molecular weight is 406 g/mol. The van der Waals surface area contributed by atoms with E-state index < -0.39 is 0 Å². The van der Waals surface area contributed by atoms with Gasteiger partial charge in [-0.25, -0.2) is 0 Å². The number of thioether (sulfide) groups is 1. The highest BCUT2D eigenvalue weighted by Crippen LogP contribution is 2.33. The van der Waals surface area contributed by atoms with Gasteiger partial charge in [-0.2, -0.15) is 0 Å². The zero-order chi connectivity index (χ0) is 20.2. The summed E-state index contributed by atoms with van der Waals surface area (Å²) < 4.78 is 10.9. The number of hydrogen-bond acceptors (Lipinski definition) is 5. The number of allylic oxidation sites excluding steroid dienone is 1. The minimum atomic E-state index is 0.210. The molecule has 0 bridgehead atoms. The highest BCUT2D eigenvalue weighted by atomic mass is 32.2. The maximum atomic E-state index is 11.2. The van der Waals surface area contributed by atoms with E-state index in [1.807, 2.05) is 12.1 Å². The van der Waals surface area contributed by atoms with Gasteiger partial charge in [0.25, 0.3) is 0 Å². The van der Waals surface area contributed by atoms with Crippen molar-refractivity contribution in [3.8, 4) is 11.5 Å². The summed E-state index contributed by atoms with van der Waals surface area (Å²) in [7, 11) is 0. The third-order valence-electron chi connectivity index (χ3n) is 5.09. The third kappa shape index (κ3) is 8.27. The molecule has 0 saturated carbocycles. The molecule has 0 spiro atoms. The molecule has 0 amide bonds. The summed E-state index contributed by atoms with van der Waals surface area (Å²) in [6, 6.07) is 6.72. The molecule has 0 fully saturated rings. The molecular weight excluding hydrogens is 370 g/mol. The van der Waals surface area contributed by atoms with Gasteiger partial charge in [0.1, 0.15) is 0 Å². The first kappa shape index (κ1) is 22.8. The van der Waals surface area contributed by atoms with Crippen molar-refractivity contribution < 1.29 is 14.3 Å². The Hall–Kier alpha value is -1.46. The standard InChI is InChI=1S/C23H35NO3S/c1-4-5-6-7-8-9-13-24(14-10-15-28-20(3)25)19(2)16-21-11-12-22-23(17-21)27-18-26-22/h4,11-12,17,19H,1,5-10,13-16,18H2,2-3H3. The van der Waals surface area contributed by atoms with Gasteiger partial charge < -0.3 is 14.4 Å². The number of carbonyl (C=O) groups excluding carboxylic acids is 1. The summed E-state index contributed by atoms with van der Waals surface area (Å²) in [6.07, 6.45) is 10.2. The lowest BCUT2D eigenvalue weighted by Gasteiger charge is -2.29. The minimum absolute atomic E-state index is 0.210. The third-order valence-corrected chi connectivity index (χ3v) is 5.99. The quantitative estimate of drug-likeness (QED) is 0.304. The van der Waals surface area contributed by atoms with Crippen LogP contribution in [0.2, 0.25) is 0 Å². The fraction of sp³-hybridized carbons (Fsp3) is 0.609. The molecule has 4 nitrogen and oxygen atoms in total. The number of hydrogen-bond donors (Lipinski definition) is 0. The van der Waals surface area contributed by atoms with Gasteiger partial charge in [0.05, 0.1) is 0 Å². The molecule has 1 aromatic carbocycles. The van der Waals surface area contributed by atoms with Gasteiger partial charge in [-0.05, 0) is 69.8 Å². The molecular formula is C23H35NO3S. The van der Waals surface area contributed by atoms with Gasteiger partial charge in [0.2, 0.25) is 6.79 Å². The number of benzene rings is 1. The summed E-state index contributed by atoms with van der Waals surface area (Å²) in [6.45, 7) is 10.2. The molecule has 1 aromatic rings. The van der Waals surface area contributed by atoms with Crippen LogP contribution in [0, 0.1) is 0 Å². The number of nitrogens with zero attached hydrogens (tertiary/aromatic N) is 1. The molecule has 28 heavy (non-hydrogen) atoms. The summed E-state index contributed by atoms with van der Waals surface area (Å²) in [5.41, 5.74) is 1.28. The fourth-order valence-corrected chi connectivity index (χ4v) is 4.09. The molecule has 1 aliphatic rings. The van der Waals surface area contributed by atoms with Gasteiger partial charge in [0.15, 0.2) is 16.6 Å². The lowest BCUT2D eigenvalue weighted by atomic mass is 10.0. The molecule has 1 atom stereocenters. The summed E-state index contributed by atoms with van der Waals surface area (Å²) in [4.78, 5) is 13.8. The fourth-order valence-electron chi connectivity index (χ4n) is 3.53. The van der Waals surface area contributed by atoms with Crippen molar-refractivity contribution in [3.05, 3.63) is 36.4 Å². The van der Waals surface area contributed by atoms with Crippen molar-refractivity contribution in [2.75, 3.05) is 25.6 Å². The molecule has 1 heterocycles. The molecule has 1 aliphatic heterocycles. The van der Waals surface area contributed by atoms with E-state index in [9.17, 15) is 4.79 Å². The van der Waals surface area contributed by atoms with Crippen molar-refractivity contribution in [2.24, 2.45) is 0 Å². The Labute approximate surface area is 174 Å². The van der Waals surface area contributed by atoms with Gasteiger partial charge in [-0.3, -0.25) is 4.79 Å². The van der Waals surface area contributed by atoms with Crippen molar-refractivity contribution >= 4 is 16.9 Å². The Bertz CT molecular complexity index is 620. The summed E-state index contributed by atoms with van der Waals surface area (Å²) >= 11 is 1.43. The van der Waals surface area contributed by atoms with Gasteiger partial charge >= 0.3 is 0 Å². The molecule has 0 aliphatic carbocycles. The topological polar surface area (TPSA) is 38.8 Å². The molecule has 2 rings (SSSR count). The first-order chi connectivity index (χ1) is 13.6. The van der Waals surface area contributed by atoms with E-state index in [1.54, 1.807) is 6.92 Å². The van der Waals surface area contributed by atoms with Crippen LogP contribution in [-0.2, 0) is 11.2 Å². The monoisotopic (exact) mass is 405 g/mol. The van der Waals surface area contributed by atoms with E-state index in [0.717, 1.165) is 49.6 Å². The Morgan fingerprint density at radius 1 is 1.18 bits per heavy atom. The van der Waals surface area contributed by atoms with Crippen molar-refractivity contribution in [3.63, 3.8) is 0 Å². The Kier molecular flexibility index (Phi) is 10.5. The highest BCUT2D eigenvalue weighted by molar-refractivity contribution is 8.13. The van der Waals surface area contributed by atoms with E-state index in [0.29, 0.717) is 12.8 Å². The van der Waals surface area contributed by atoms with E-state index in [2.05, 4.69) is 30.5 Å². The summed E-state index contributed by atoms with van der Waals surface area (Å²) in [5.74, 6) is 2.60. The number of unbranched alkanes of at least 4 members (excludes halogenated alkanes) is 4. The average Bonchev–Trinajstić information content (AvgIpc) is 3.13. The predicted octanol–water partition coefficient (Wildman–Crippen LogP) is 5.45. The SMILES string of the molecule is C=CCCCCCCN(CCCSC(C)=O)C(C)Cc1ccc2c(c1)OCO2. The molecule has 0 aromatic heterocycles. The van der Waals surface area contributed by atoms with Gasteiger partial charge in [0, 0.05) is 18.7 Å². The predicted molar refractivity (Wildman–Crippen MR) is 118 cm³/mol. The molecule has 0 N–H and O–H groups in total. The molecule has 5 heteroatoms. The largest absolute Gasteiger partial charge is 0.454 e. The second-order valence-corrected chi connectivity index (χ2v) is 8.73. The molecule has 156 valence electrons. The van der Waals surface area contributed by atoms with E-state index in [4.69, 9.17) is 9.47 Å². The van der Waals surface area contributed by atoms with Crippen LogP contribution < -0.4 is 9.47 Å². The number of ether oxygens (including phenoxy) is 2. The van der Waals surface area contributed by atoms with Crippen molar-refractivity contribution in [1.29, 1.82) is 0 Å². The number of fused-ring (bicyclic) bond motifs is 1. The normalized spacial score (nSPS) is 13.7. The van der Waals surface area contributed by atoms with Crippen LogP contribution in [0.15, 0.2) is 30.9 Å².